The highest BCUT2D eigenvalue weighted by Gasteiger charge is 2.18. The standard InChI is InChI=1S/C15H13BrN2O/c1-11-5-7-13(8-6-11)18(10-17)15(16)12-3-2-4-14(19)9-12/h2-9,15,19H,1H3. The maximum Gasteiger partial charge on any atom is 0.185 e. The van der Waals surface area contributed by atoms with Crippen LogP contribution >= 0.6 is 15.9 Å². The minimum atomic E-state index is -0.313. The normalized spacial score (nSPS) is 11.6. The molecular formula is C15H13BrN2O. The van der Waals surface area contributed by atoms with Gasteiger partial charge in [0.25, 0.3) is 0 Å². The number of nitriles is 1. The fourth-order valence-electron chi connectivity index (χ4n) is 1.77. The van der Waals surface area contributed by atoms with Crippen LogP contribution in [0.15, 0.2) is 48.5 Å². The summed E-state index contributed by atoms with van der Waals surface area (Å²) >= 11 is 3.49. The van der Waals surface area contributed by atoms with Gasteiger partial charge in [0.05, 0.1) is 5.69 Å². The van der Waals surface area contributed by atoms with Crippen molar-refractivity contribution >= 4 is 21.6 Å². The summed E-state index contributed by atoms with van der Waals surface area (Å²) in [4.78, 5) is 1.24. The molecule has 0 spiro atoms. The lowest BCUT2D eigenvalue weighted by Crippen LogP contribution is -2.18. The van der Waals surface area contributed by atoms with Crippen molar-refractivity contribution in [1.29, 1.82) is 5.26 Å². The predicted molar refractivity (Wildman–Crippen MR) is 79.0 cm³/mol. The molecule has 0 aliphatic carbocycles. The summed E-state index contributed by atoms with van der Waals surface area (Å²) in [5, 5.41) is 18.8. The van der Waals surface area contributed by atoms with Crippen LogP contribution in [-0.2, 0) is 0 Å². The van der Waals surface area contributed by atoms with E-state index in [9.17, 15) is 10.4 Å². The summed E-state index contributed by atoms with van der Waals surface area (Å²) in [5.74, 6) is 0.184. The first-order valence-corrected chi connectivity index (χ1v) is 6.72. The number of hydrogen-bond acceptors (Lipinski definition) is 3. The van der Waals surface area contributed by atoms with E-state index in [4.69, 9.17) is 0 Å². The van der Waals surface area contributed by atoms with E-state index >= 15 is 0 Å². The van der Waals surface area contributed by atoms with Crippen LogP contribution in [-0.4, -0.2) is 5.11 Å². The quantitative estimate of drug-likeness (QED) is 0.401. The minimum Gasteiger partial charge on any atom is -0.508 e. The third kappa shape index (κ3) is 3.07. The van der Waals surface area contributed by atoms with E-state index in [1.54, 1.807) is 23.1 Å². The summed E-state index contributed by atoms with van der Waals surface area (Å²) < 4.78 is 0. The van der Waals surface area contributed by atoms with Gasteiger partial charge in [0.2, 0.25) is 0 Å². The van der Waals surface area contributed by atoms with Gasteiger partial charge in [0, 0.05) is 0 Å². The van der Waals surface area contributed by atoms with Gasteiger partial charge in [-0.3, -0.25) is 4.90 Å². The molecule has 0 heterocycles. The van der Waals surface area contributed by atoms with Crippen LogP contribution in [0.2, 0.25) is 0 Å². The monoisotopic (exact) mass is 316 g/mol. The number of anilines is 1. The Balaban J connectivity index is 2.32. The number of phenols is 1. The molecule has 1 atom stereocenters. The molecule has 1 N–H and O–H groups in total. The van der Waals surface area contributed by atoms with E-state index < -0.39 is 0 Å². The molecule has 19 heavy (non-hydrogen) atoms. The number of halogens is 1. The van der Waals surface area contributed by atoms with E-state index in [-0.39, 0.29) is 10.7 Å². The second-order valence-corrected chi connectivity index (χ2v) is 5.10. The molecule has 3 nitrogen and oxygen atoms in total. The lowest BCUT2D eigenvalue weighted by atomic mass is 10.1. The number of aromatic hydroxyl groups is 1. The van der Waals surface area contributed by atoms with Gasteiger partial charge >= 0.3 is 0 Å². The van der Waals surface area contributed by atoms with Crippen molar-refractivity contribution in [2.75, 3.05) is 4.90 Å². The van der Waals surface area contributed by atoms with Crippen LogP contribution in [0, 0.1) is 18.4 Å². The highest BCUT2D eigenvalue weighted by atomic mass is 79.9. The van der Waals surface area contributed by atoms with Crippen molar-refractivity contribution in [2.24, 2.45) is 0 Å². The fourth-order valence-corrected chi connectivity index (χ4v) is 2.38. The van der Waals surface area contributed by atoms with E-state index in [1.807, 2.05) is 37.3 Å². The summed E-state index contributed by atoms with van der Waals surface area (Å²) in [6, 6.07) is 14.6. The zero-order chi connectivity index (χ0) is 13.8. The van der Waals surface area contributed by atoms with E-state index in [0.29, 0.717) is 0 Å². The third-order valence-electron chi connectivity index (χ3n) is 2.79. The summed E-state index contributed by atoms with van der Waals surface area (Å²) in [5.41, 5.74) is 2.77. The lowest BCUT2D eigenvalue weighted by molar-refractivity contribution is 0.474. The second kappa shape index (κ2) is 5.77. The van der Waals surface area contributed by atoms with Crippen molar-refractivity contribution in [1.82, 2.24) is 0 Å². The Hall–Kier alpha value is -1.99. The molecule has 1 unspecified atom stereocenters. The highest BCUT2D eigenvalue weighted by molar-refractivity contribution is 9.09. The van der Waals surface area contributed by atoms with Crippen molar-refractivity contribution in [2.45, 2.75) is 11.9 Å². The Kier molecular flexibility index (Phi) is 4.08. The van der Waals surface area contributed by atoms with Crippen LogP contribution in [0.4, 0.5) is 5.69 Å². The smallest absolute Gasteiger partial charge is 0.185 e. The molecule has 2 rings (SSSR count). The highest BCUT2D eigenvalue weighted by Crippen LogP contribution is 2.32. The van der Waals surface area contributed by atoms with Crippen LogP contribution in [0.25, 0.3) is 0 Å². The maximum atomic E-state index is 9.50. The molecule has 96 valence electrons. The second-order valence-electron chi connectivity index (χ2n) is 4.24. The van der Waals surface area contributed by atoms with Gasteiger partial charge in [0.1, 0.15) is 10.7 Å². The molecule has 2 aromatic carbocycles. The van der Waals surface area contributed by atoms with Crippen LogP contribution in [0.5, 0.6) is 5.75 Å². The zero-order valence-corrected chi connectivity index (χ0v) is 12.0. The van der Waals surface area contributed by atoms with Crippen LogP contribution < -0.4 is 4.90 Å². The Morgan fingerprint density at radius 3 is 2.47 bits per heavy atom. The van der Waals surface area contributed by atoms with Crippen LogP contribution in [0.3, 0.4) is 0 Å². The maximum absolute atomic E-state index is 9.50. The molecular weight excluding hydrogens is 304 g/mol. The number of hydrogen-bond donors (Lipinski definition) is 1. The van der Waals surface area contributed by atoms with Gasteiger partial charge in [0.15, 0.2) is 6.19 Å². The SMILES string of the molecule is Cc1ccc(N(C#N)C(Br)c2cccc(O)c2)cc1. The molecule has 0 bridgehead atoms. The number of alkyl halides is 1. The van der Waals surface area contributed by atoms with Crippen molar-refractivity contribution in [3.05, 3.63) is 59.7 Å². The molecule has 0 amide bonds. The Labute approximate surface area is 120 Å². The van der Waals surface area contributed by atoms with Crippen molar-refractivity contribution in [3.8, 4) is 11.9 Å². The average molecular weight is 317 g/mol. The molecule has 0 aromatic heterocycles. The average Bonchev–Trinajstić information content (AvgIpc) is 2.41. The largest absolute Gasteiger partial charge is 0.508 e. The number of phenolic OH excluding ortho intramolecular Hbond substituents is 1. The molecule has 0 saturated carbocycles. The minimum absolute atomic E-state index is 0.184. The van der Waals surface area contributed by atoms with Gasteiger partial charge in [-0.05, 0) is 36.8 Å². The topological polar surface area (TPSA) is 47.3 Å². The number of nitrogens with zero attached hydrogens (tertiary/aromatic N) is 2. The molecule has 4 heteroatoms. The van der Waals surface area contributed by atoms with E-state index in [1.165, 1.54) is 0 Å². The Bertz CT molecular complexity index is 604. The van der Waals surface area contributed by atoms with Crippen molar-refractivity contribution < 1.29 is 5.11 Å². The molecule has 0 saturated heterocycles. The summed E-state index contributed by atoms with van der Waals surface area (Å²) in [7, 11) is 0. The van der Waals surface area contributed by atoms with Gasteiger partial charge in [-0.15, -0.1) is 0 Å². The fraction of sp³-hybridized carbons (Fsp3) is 0.133. The van der Waals surface area contributed by atoms with Crippen LogP contribution in [0.1, 0.15) is 16.1 Å². The number of benzene rings is 2. The first-order valence-electron chi connectivity index (χ1n) is 5.80. The number of aryl methyl sites for hydroxylation is 1. The molecule has 2 aromatic rings. The Morgan fingerprint density at radius 2 is 1.89 bits per heavy atom. The number of rotatable bonds is 3. The van der Waals surface area contributed by atoms with Gasteiger partial charge < -0.3 is 5.11 Å². The van der Waals surface area contributed by atoms with Gasteiger partial charge in [-0.25, -0.2) is 0 Å². The summed E-state index contributed by atoms with van der Waals surface area (Å²) in [6.07, 6.45) is 2.16. The van der Waals surface area contributed by atoms with E-state index in [0.717, 1.165) is 16.8 Å². The molecule has 0 aliphatic heterocycles. The van der Waals surface area contributed by atoms with Crippen molar-refractivity contribution in [3.63, 3.8) is 0 Å². The first-order chi connectivity index (χ1) is 9.11. The van der Waals surface area contributed by atoms with Gasteiger partial charge in [-0.2, -0.15) is 5.26 Å². The molecule has 0 fully saturated rings. The van der Waals surface area contributed by atoms with Gasteiger partial charge in [-0.1, -0.05) is 45.8 Å². The third-order valence-corrected chi connectivity index (χ3v) is 3.73. The molecule has 0 aliphatic rings. The van der Waals surface area contributed by atoms with E-state index in [2.05, 4.69) is 22.1 Å². The Morgan fingerprint density at radius 1 is 1.21 bits per heavy atom. The lowest BCUT2D eigenvalue weighted by Gasteiger charge is -2.22. The zero-order valence-electron chi connectivity index (χ0n) is 10.4. The first kappa shape index (κ1) is 13.4. The summed E-state index contributed by atoms with van der Waals surface area (Å²) in [6.45, 7) is 2.00. The molecule has 0 radical (unpaired) electrons. The predicted octanol–water partition coefficient (Wildman–Crippen LogP) is 4.08.